The van der Waals surface area contributed by atoms with Crippen LogP contribution >= 0.6 is 11.8 Å². The molecule has 0 radical (unpaired) electrons. The molecule has 8 nitrogen and oxygen atoms in total. The molecular weight excluding hydrogens is 372 g/mol. The van der Waals surface area contributed by atoms with Crippen LogP contribution < -0.4 is 10.6 Å². The molecule has 0 bridgehead atoms. The maximum absolute atomic E-state index is 12.1. The minimum atomic E-state index is -1.03. The van der Waals surface area contributed by atoms with Gasteiger partial charge in [0.05, 0.1) is 7.11 Å². The highest BCUT2D eigenvalue weighted by Gasteiger charge is 2.24. The van der Waals surface area contributed by atoms with Crippen molar-refractivity contribution in [2.45, 2.75) is 32.4 Å². The molecule has 0 aliphatic heterocycles. The van der Waals surface area contributed by atoms with Crippen LogP contribution in [-0.2, 0) is 19.1 Å². The van der Waals surface area contributed by atoms with Gasteiger partial charge in [-0.15, -0.1) is 0 Å². The standard InChI is InChI=1S/C18H24N2O6S/c1-18(2,3)26-17(24)19-10-14(21)20-13(15(22)25-4)11-27-16(23)12-8-6-5-7-9-12/h5-9,13H,10-11H2,1-4H3,(H,19,24)(H,20,21)/t13-/m0/s1. The summed E-state index contributed by atoms with van der Waals surface area (Å²) >= 11 is 0.889. The summed E-state index contributed by atoms with van der Waals surface area (Å²) in [5, 5.41) is 4.50. The van der Waals surface area contributed by atoms with Crippen LogP contribution in [0.3, 0.4) is 0 Å². The van der Waals surface area contributed by atoms with Crippen molar-refractivity contribution in [2.75, 3.05) is 19.4 Å². The van der Waals surface area contributed by atoms with Gasteiger partial charge in [0.2, 0.25) is 11.0 Å². The maximum atomic E-state index is 12.1. The summed E-state index contributed by atoms with van der Waals surface area (Å²) in [4.78, 5) is 47.5. The number of alkyl carbamates (subject to hydrolysis) is 1. The van der Waals surface area contributed by atoms with E-state index < -0.39 is 29.6 Å². The van der Waals surface area contributed by atoms with Gasteiger partial charge in [-0.1, -0.05) is 42.1 Å². The fourth-order valence-corrected chi connectivity index (χ4v) is 2.68. The van der Waals surface area contributed by atoms with Crippen LogP contribution in [0.1, 0.15) is 31.1 Å². The Bertz CT molecular complexity index is 672. The molecule has 27 heavy (non-hydrogen) atoms. The molecule has 0 fully saturated rings. The van der Waals surface area contributed by atoms with Crippen molar-refractivity contribution in [3.8, 4) is 0 Å². The number of hydrogen-bond donors (Lipinski definition) is 2. The normalized spacial score (nSPS) is 11.9. The predicted molar refractivity (Wildman–Crippen MR) is 101 cm³/mol. The number of carbonyl (C=O) groups is 4. The molecule has 0 heterocycles. The summed E-state index contributed by atoms with van der Waals surface area (Å²) in [6.45, 7) is 4.71. The minimum absolute atomic E-state index is 0.00141. The van der Waals surface area contributed by atoms with E-state index in [4.69, 9.17) is 4.74 Å². The fraction of sp³-hybridized carbons (Fsp3) is 0.444. The van der Waals surface area contributed by atoms with Crippen LogP contribution in [0.2, 0.25) is 0 Å². The summed E-state index contributed by atoms with van der Waals surface area (Å²) in [6, 6.07) is 7.54. The number of methoxy groups -OCH3 is 1. The molecule has 0 spiro atoms. The average Bonchev–Trinajstić information content (AvgIpc) is 2.61. The average molecular weight is 396 g/mol. The molecule has 9 heteroatoms. The summed E-state index contributed by atoms with van der Waals surface area (Å²) in [5.41, 5.74) is -0.201. The Balaban J connectivity index is 2.54. The predicted octanol–water partition coefficient (Wildman–Crippen LogP) is 1.74. The molecule has 0 aliphatic carbocycles. The van der Waals surface area contributed by atoms with E-state index in [1.54, 1.807) is 51.1 Å². The first-order valence-electron chi connectivity index (χ1n) is 8.18. The summed E-state index contributed by atoms with van der Waals surface area (Å²) in [6.07, 6.45) is -0.749. The Labute approximate surface area is 162 Å². The summed E-state index contributed by atoms with van der Waals surface area (Å²) in [7, 11) is 1.18. The van der Waals surface area contributed by atoms with Crippen molar-refractivity contribution in [3.63, 3.8) is 0 Å². The molecule has 1 aromatic rings. The lowest BCUT2D eigenvalue weighted by Gasteiger charge is -2.20. The van der Waals surface area contributed by atoms with E-state index >= 15 is 0 Å². The van der Waals surface area contributed by atoms with Gasteiger partial charge in [0.1, 0.15) is 18.2 Å². The van der Waals surface area contributed by atoms with E-state index in [1.165, 1.54) is 7.11 Å². The van der Waals surface area contributed by atoms with E-state index in [0.29, 0.717) is 5.56 Å². The van der Waals surface area contributed by atoms with Gasteiger partial charge in [-0.2, -0.15) is 0 Å². The second-order valence-electron chi connectivity index (χ2n) is 6.46. The van der Waals surface area contributed by atoms with Crippen molar-refractivity contribution in [1.29, 1.82) is 0 Å². The topological polar surface area (TPSA) is 111 Å². The minimum Gasteiger partial charge on any atom is -0.467 e. The van der Waals surface area contributed by atoms with Gasteiger partial charge < -0.3 is 20.1 Å². The quantitative estimate of drug-likeness (QED) is 0.675. The first kappa shape index (κ1) is 22.5. The fourth-order valence-electron chi connectivity index (χ4n) is 1.84. The lowest BCUT2D eigenvalue weighted by Crippen LogP contribution is -2.48. The van der Waals surface area contributed by atoms with E-state index in [1.807, 2.05) is 0 Å². The van der Waals surface area contributed by atoms with Crippen molar-refractivity contribution in [1.82, 2.24) is 10.6 Å². The van der Waals surface area contributed by atoms with Crippen LogP contribution in [0.25, 0.3) is 0 Å². The highest BCUT2D eigenvalue weighted by atomic mass is 32.2. The second-order valence-corrected chi connectivity index (χ2v) is 7.46. The SMILES string of the molecule is COC(=O)[C@H](CSC(=O)c1ccccc1)NC(=O)CNC(=O)OC(C)(C)C. The molecule has 148 valence electrons. The number of benzene rings is 1. The zero-order valence-electron chi connectivity index (χ0n) is 15.7. The molecule has 1 rings (SSSR count). The number of hydrogen-bond acceptors (Lipinski definition) is 7. The number of nitrogens with one attached hydrogen (secondary N) is 2. The number of esters is 1. The van der Waals surface area contributed by atoms with Gasteiger partial charge in [-0.05, 0) is 20.8 Å². The molecule has 0 aromatic heterocycles. The van der Waals surface area contributed by atoms with Crippen LogP contribution in [-0.4, -0.2) is 54.1 Å². The molecule has 2 N–H and O–H groups in total. The Morgan fingerprint density at radius 3 is 2.30 bits per heavy atom. The second kappa shape index (κ2) is 10.6. The largest absolute Gasteiger partial charge is 0.467 e. The van der Waals surface area contributed by atoms with Crippen LogP contribution in [0.4, 0.5) is 4.79 Å². The number of carbonyl (C=O) groups excluding carboxylic acids is 4. The van der Waals surface area contributed by atoms with Crippen LogP contribution in [0.15, 0.2) is 30.3 Å². The van der Waals surface area contributed by atoms with Crippen molar-refractivity contribution < 1.29 is 28.7 Å². The molecule has 1 aromatic carbocycles. The van der Waals surface area contributed by atoms with Crippen molar-refractivity contribution >= 4 is 34.8 Å². The third-order valence-electron chi connectivity index (χ3n) is 3.00. The van der Waals surface area contributed by atoms with E-state index in [-0.39, 0.29) is 17.4 Å². The smallest absolute Gasteiger partial charge is 0.408 e. The molecule has 0 aliphatic rings. The zero-order chi connectivity index (χ0) is 20.4. The summed E-state index contributed by atoms with van der Waals surface area (Å²) in [5.74, 6) is -1.29. The molecule has 2 amide bonds. The van der Waals surface area contributed by atoms with Gasteiger partial charge >= 0.3 is 12.1 Å². The van der Waals surface area contributed by atoms with Gasteiger partial charge in [-0.25, -0.2) is 9.59 Å². The number of thioether (sulfide) groups is 1. The number of rotatable bonds is 7. The highest BCUT2D eigenvalue weighted by Crippen LogP contribution is 2.13. The van der Waals surface area contributed by atoms with E-state index in [9.17, 15) is 19.2 Å². The third kappa shape index (κ3) is 9.09. The van der Waals surface area contributed by atoms with Gasteiger partial charge in [0.25, 0.3) is 0 Å². The lowest BCUT2D eigenvalue weighted by molar-refractivity contribution is -0.144. The van der Waals surface area contributed by atoms with Gasteiger partial charge in [0.15, 0.2) is 0 Å². The Morgan fingerprint density at radius 1 is 1.11 bits per heavy atom. The van der Waals surface area contributed by atoms with Crippen LogP contribution in [0.5, 0.6) is 0 Å². The van der Waals surface area contributed by atoms with Gasteiger partial charge in [-0.3, -0.25) is 9.59 Å². The highest BCUT2D eigenvalue weighted by molar-refractivity contribution is 8.14. The van der Waals surface area contributed by atoms with Crippen molar-refractivity contribution in [3.05, 3.63) is 35.9 Å². The summed E-state index contributed by atoms with van der Waals surface area (Å²) < 4.78 is 9.67. The zero-order valence-corrected chi connectivity index (χ0v) is 16.6. The Morgan fingerprint density at radius 2 is 1.74 bits per heavy atom. The maximum Gasteiger partial charge on any atom is 0.408 e. The van der Waals surface area contributed by atoms with E-state index in [2.05, 4.69) is 15.4 Å². The van der Waals surface area contributed by atoms with Gasteiger partial charge in [0, 0.05) is 11.3 Å². The number of amides is 2. The lowest BCUT2D eigenvalue weighted by atomic mass is 10.2. The number of ether oxygens (including phenoxy) is 2. The molecule has 0 unspecified atom stereocenters. The van der Waals surface area contributed by atoms with Crippen molar-refractivity contribution in [2.24, 2.45) is 0 Å². The third-order valence-corrected chi connectivity index (χ3v) is 4.00. The molecule has 0 saturated carbocycles. The first-order chi connectivity index (χ1) is 12.6. The molecule has 1 atom stereocenters. The Hall–Kier alpha value is -2.55. The molecular formula is C18H24N2O6S. The molecule has 0 saturated heterocycles. The van der Waals surface area contributed by atoms with Crippen LogP contribution in [0, 0.1) is 0 Å². The first-order valence-corrected chi connectivity index (χ1v) is 9.17. The Kier molecular flexibility index (Phi) is 8.80. The monoisotopic (exact) mass is 396 g/mol. The van der Waals surface area contributed by atoms with E-state index in [0.717, 1.165) is 11.8 Å².